The summed E-state index contributed by atoms with van der Waals surface area (Å²) in [5.41, 5.74) is 2.38. The van der Waals surface area contributed by atoms with Crippen LogP contribution in [0.2, 0.25) is 0 Å². The number of rotatable bonds is 5. The molecule has 106 valence electrons. The minimum atomic E-state index is -0.821. The molecule has 0 spiro atoms. The highest BCUT2D eigenvalue weighted by molar-refractivity contribution is 6.55. The van der Waals surface area contributed by atoms with Gasteiger partial charge in [-0.05, 0) is 56.6 Å². The van der Waals surface area contributed by atoms with Crippen molar-refractivity contribution < 1.29 is 19.1 Å². The molecule has 20 heavy (non-hydrogen) atoms. The molecule has 1 aromatic rings. The second kappa shape index (κ2) is 7.10. The van der Waals surface area contributed by atoms with Crippen molar-refractivity contribution >= 4 is 19.7 Å². The topological polar surface area (TPSA) is 64.6 Å². The maximum Gasteiger partial charge on any atom is 0.328 e. The van der Waals surface area contributed by atoms with E-state index in [1.54, 1.807) is 26.1 Å². The second-order valence-electron chi connectivity index (χ2n) is 4.60. The number of carbonyl (C=O) groups excluding carboxylic acids is 2. The van der Waals surface area contributed by atoms with Crippen LogP contribution in [0.25, 0.3) is 0 Å². The summed E-state index contributed by atoms with van der Waals surface area (Å²) in [6.07, 6.45) is 0. The Bertz CT molecular complexity index is 493. The molecule has 1 rings (SSSR count). The quantitative estimate of drug-likeness (QED) is 0.502. The van der Waals surface area contributed by atoms with Crippen molar-refractivity contribution in [3.63, 3.8) is 0 Å². The predicted octanol–water partition coefficient (Wildman–Crippen LogP) is 1.62. The Balaban J connectivity index is 2.89. The lowest BCUT2D eigenvalue weighted by Crippen LogP contribution is -2.34. The Morgan fingerprint density at radius 2 is 1.85 bits per heavy atom. The fourth-order valence-corrected chi connectivity index (χ4v) is 1.75. The number of hydrogen-bond acceptors (Lipinski definition) is 5. The molecular formula is C14H18BNO4. The SMILES string of the molecule is [B]C(=O)OCc1cc(C)c(OC(=O)C(C)NC)c(C)c1. The molecule has 0 bridgehead atoms. The van der Waals surface area contributed by atoms with E-state index in [9.17, 15) is 9.59 Å². The largest absolute Gasteiger partial charge is 0.470 e. The van der Waals surface area contributed by atoms with E-state index in [0.717, 1.165) is 16.7 Å². The number of aryl methyl sites for hydroxylation is 2. The molecular weight excluding hydrogens is 257 g/mol. The third kappa shape index (κ3) is 4.38. The first kappa shape index (κ1) is 16.2. The molecule has 0 aliphatic heterocycles. The van der Waals surface area contributed by atoms with Crippen molar-refractivity contribution in [3.05, 3.63) is 28.8 Å². The molecule has 2 radical (unpaired) electrons. The van der Waals surface area contributed by atoms with Crippen LogP contribution in [-0.2, 0) is 16.1 Å². The lowest BCUT2D eigenvalue weighted by atomic mass is 10.1. The summed E-state index contributed by atoms with van der Waals surface area (Å²) in [7, 11) is 6.61. The summed E-state index contributed by atoms with van der Waals surface area (Å²) in [5.74, 6) is -0.640. The van der Waals surface area contributed by atoms with Gasteiger partial charge in [-0.15, -0.1) is 0 Å². The molecule has 0 aromatic heterocycles. The fraction of sp³-hybridized carbons (Fsp3) is 0.429. The van der Waals surface area contributed by atoms with Gasteiger partial charge in [0, 0.05) is 0 Å². The molecule has 0 amide bonds. The summed E-state index contributed by atoms with van der Waals surface area (Å²) in [6.45, 7) is 5.47. The number of likely N-dealkylation sites (N-methyl/N-ethyl adjacent to an activating group) is 1. The highest BCUT2D eigenvalue weighted by atomic mass is 16.5. The third-order valence-corrected chi connectivity index (χ3v) is 2.89. The maximum absolute atomic E-state index is 11.8. The average Bonchev–Trinajstić information content (AvgIpc) is 2.39. The molecule has 0 heterocycles. The van der Waals surface area contributed by atoms with Gasteiger partial charge in [-0.25, -0.2) is 4.79 Å². The molecule has 1 unspecified atom stereocenters. The molecule has 1 atom stereocenters. The standard InChI is InChI=1S/C14H18BNO4/c1-8-5-11(7-19-14(15)18)6-9(2)12(8)20-13(17)10(3)16-4/h5-6,10,16H,7H2,1-4H3. The molecule has 0 aliphatic carbocycles. The van der Waals surface area contributed by atoms with Crippen molar-refractivity contribution in [2.45, 2.75) is 33.4 Å². The monoisotopic (exact) mass is 275 g/mol. The minimum absolute atomic E-state index is 0.0954. The number of nitrogens with one attached hydrogen (secondary N) is 1. The lowest BCUT2D eigenvalue weighted by Gasteiger charge is -2.15. The van der Waals surface area contributed by atoms with Crippen LogP contribution >= 0.6 is 0 Å². The van der Waals surface area contributed by atoms with Crippen LogP contribution in [-0.4, -0.2) is 32.8 Å². The fourth-order valence-electron chi connectivity index (χ4n) is 1.75. The Morgan fingerprint density at radius 3 is 2.30 bits per heavy atom. The Labute approximate surface area is 120 Å². The van der Waals surface area contributed by atoms with E-state index in [0.29, 0.717) is 5.75 Å². The summed E-state index contributed by atoms with van der Waals surface area (Å²) in [6, 6.07) is 3.21. The second-order valence-corrected chi connectivity index (χ2v) is 4.60. The molecule has 5 nitrogen and oxygen atoms in total. The smallest absolute Gasteiger partial charge is 0.328 e. The van der Waals surface area contributed by atoms with Crippen molar-refractivity contribution in [1.29, 1.82) is 0 Å². The lowest BCUT2D eigenvalue weighted by molar-refractivity contribution is -0.136. The summed E-state index contributed by atoms with van der Waals surface area (Å²) >= 11 is 0. The Kier molecular flexibility index (Phi) is 5.76. The highest BCUT2D eigenvalue weighted by Crippen LogP contribution is 2.25. The average molecular weight is 275 g/mol. The first-order chi connectivity index (χ1) is 9.35. The number of carbonyl (C=O) groups is 2. The van der Waals surface area contributed by atoms with E-state index < -0.39 is 5.87 Å². The van der Waals surface area contributed by atoms with Crippen LogP contribution in [0.5, 0.6) is 5.75 Å². The number of ether oxygens (including phenoxy) is 2. The van der Waals surface area contributed by atoms with E-state index in [4.69, 9.17) is 17.3 Å². The van der Waals surface area contributed by atoms with Gasteiger partial charge >= 0.3 is 5.97 Å². The van der Waals surface area contributed by atoms with E-state index in [-0.39, 0.29) is 18.6 Å². The van der Waals surface area contributed by atoms with Gasteiger partial charge in [-0.1, -0.05) is 0 Å². The van der Waals surface area contributed by atoms with Gasteiger partial charge in [0.25, 0.3) is 0 Å². The van der Waals surface area contributed by atoms with Gasteiger partial charge in [0.15, 0.2) is 0 Å². The van der Waals surface area contributed by atoms with E-state index in [2.05, 4.69) is 5.32 Å². The van der Waals surface area contributed by atoms with Crippen LogP contribution in [0.15, 0.2) is 12.1 Å². The third-order valence-electron chi connectivity index (χ3n) is 2.89. The zero-order chi connectivity index (χ0) is 15.3. The van der Waals surface area contributed by atoms with Crippen LogP contribution in [0, 0.1) is 13.8 Å². The molecule has 6 heteroatoms. The molecule has 0 saturated heterocycles. The van der Waals surface area contributed by atoms with Gasteiger partial charge in [0.2, 0.25) is 13.7 Å². The molecule has 0 aliphatic rings. The molecule has 1 aromatic carbocycles. The maximum atomic E-state index is 11.8. The van der Waals surface area contributed by atoms with Crippen LogP contribution in [0.4, 0.5) is 4.79 Å². The highest BCUT2D eigenvalue weighted by Gasteiger charge is 2.16. The van der Waals surface area contributed by atoms with E-state index in [1.807, 2.05) is 13.8 Å². The first-order valence-electron chi connectivity index (χ1n) is 6.26. The summed E-state index contributed by atoms with van der Waals surface area (Å²) in [5, 5.41) is 2.82. The van der Waals surface area contributed by atoms with Crippen molar-refractivity contribution in [2.75, 3.05) is 7.05 Å². The van der Waals surface area contributed by atoms with Gasteiger partial charge in [-0.2, -0.15) is 0 Å². The van der Waals surface area contributed by atoms with Crippen LogP contribution in [0.1, 0.15) is 23.6 Å². The number of esters is 1. The molecule has 0 saturated carbocycles. The van der Waals surface area contributed by atoms with Gasteiger partial charge in [0.05, 0.1) is 0 Å². The van der Waals surface area contributed by atoms with Crippen molar-refractivity contribution in [3.8, 4) is 5.75 Å². The zero-order valence-corrected chi connectivity index (χ0v) is 12.1. The Morgan fingerprint density at radius 1 is 1.30 bits per heavy atom. The predicted molar refractivity (Wildman–Crippen MR) is 76.0 cm³/mol. The van der Waals surface area contributed by atoms with E-state index >= 15 is 0 Å². The van der Waals surface area contributed by atoms with E-state index in [1.165, 1.54) is 0 Å². The van der Waals surface area contributed by atoms with Crippen LogP contribution < -0.4 is 10.1 Å². The van der Waals surface area contributed by atoms with Gasteiger partial charge < -0.3 is 14.8 Å². The Hall–Kier alpha value is -1.82. The summed E-state index contributed by atoms with van der Waals surface area (Å²) in [4.78, 5) is 22.4. The normalized spacial score (nSPS) is 11.8. The first-order valence-corrected chi connectivity index (χ1v) is 6.26. The minimum Gasteiger partial charge on any atom is -0.470 e. The number of hydrogen-bond donors (Lipinski definition) is 1. The number of benzene rings is 1. The van der Waals surface area contributed by atoms with Gasteiger partial charge in [-0.3, -0.25) is 4.79 Å². The molecule has 0 fully saturated rings. The summed E-state index contributed by atoms with van der Waals surface area (Å²) < 4.78 is 10.1. The van der Waals surface area contributed by atoms with Crippen molar-refractivity contribution in [1.82, 2.24) is 5.32 Å². The van der Waals surface area contributed by atoms with Crippen molar-refractivity contribution in [2.24, 2.45) is 0 Å². The molecule has 1 N–H and O–H groups in total. The van der Waals surface area contributed by atoms with Gasteiger partial charge in [0.1, 0.15) is 18.4 Å². The zero-order valence-electron chi connectivity index (χ0n) is 12.1. The van der Waals surface area contributed by atoms with Crippen LogP contribution in [0.3, 0.4) is 0 Å².